The fourth-order valence-electron chi connectivity index (χ4n) is 1.26. The Morgan fingerprint density at radius 1 is 1.05 bits per heavy atom. The number of rotatable bonds is 7. The fraction of sp³-hybridized carbons (Fsp3) is 0.462. The van der Waals surface area contributed by atoms with Crippen LogP contribution < -0.4 is 0 Å². The summed E-state index contributed by atoms with van der Waals surface area (Å²) in [5.41, 5.74) is 0.836. The van der Waals surface area contributed by atoms with Gasteiger partial charge in [0.15, 0.2) is 0 Å². The zero-order valence-electron chi connectivity index (χ0n) is 11.6. The second kappa shape index (κ2) is 7.43. The van der Waals surface area contributed by atoms with Gasteiger partial charge in [-0.1, -0.05) is 35.5 Å². The molecule has 0 spiro atoms. The highest BCUT2D eigenvalue weighted by Crippen LogP contribution is 2.51. The summed E-state index contributed by atoms with van der Waals surface area (Å²) in [6, 6.07) is 9.34. The van der Waals surface area contributed by atoms with Gasteiger partial charge in [-0.3, -0.25) is 13.7 Å². The van der Waals surface area contributed by atoms with Gasteiger partial charge >= 0.3 is 7.82 Å². The van der Waals surface area contributed by atoms with Crippen LogP contribution in [0.15, 0.2) is 35.5 Å². The predicted molar refractivity (Wildman–Crippen MR) is 75.2 cm³/mol. The second-order valence-corrected chi connectivity index (χ2v) is 5.96. The van der Waals surface area contributed by atoms with Crippen molar-refractivity contribution in [2.24, 2.45) is 5.16 Å². The lowest BCUT2D eigenvalue weighted by Gasteiger charge is -2.18. The molecule has 0 aliphatic heterocycles. The summed E-state index contributed by atoms with van der Waals surface area (Å²) in [6.45, 7) is 7.00. The summed E-state index contributed by atoms with van der Waals surface area (Å²) in [7, 11) is -3.67. The standard InChI is InChI=1S/C13H20NO4P/c1-11(2)16-19(15,17-12(3)4)18-14-10-13-8-6-5-7-9-13/h5-12H,1-4H3/b14-10+. The first-order chi connectivity index (χ1) is 8.91. The maximum absolute atomic E-state index is 12.2. The SMILES string of the molecule is CC(C)OP(=O)(O/N=C/c1ccccc1)OC(C)C. The first-order valence-corrected chi connectivity index (χ1v) is 7.61. The van der Waals surface area contributed by atoms with Gasteiger partial charge in [0.1, 0.15) is 0 Å². The lowest BCUT2D eigenvalue weighted by atomic mass is 10.2. The van der Waals surface area contributed by atoms with E-state index in [2.05, 4.69) is 5.16 Å². The number of phosphoric acid groups is 1. The number of phosphoric ester groups is 1. The molecule has 0 aliphatic carbocycles. The molecule has 0 heterocycles. The molecule has 0 aliphatic rings. The summed E-state index contributed by atoms with van der Waals surface area (Å²) < 4.78 is 27.5. The Kier molecular flexibility index (Phi) is 6.22. The van der Waals surface area contributed by atoms with Crippen LogP contribution in [0.4, 0.5) is 0 Å². The molecule has 0 radical (unpaired) electrons. The molecule has 1 rings (SSSR count). The molecular weight excluding hydrogens is 265 g/mol. The van der Waals surface area contributed by atoms with Crippen LogP contribution in [0.5, 0.6) is 0 Å². The molecule has 0 bridgehead atoms. The highest BCUT2D eigenvalue weighted by atomic mass is 31.2. The molecule has 0 saturated heterocycles. The zero-order valence-corrected chi connectivity index (χ0v) is 12.5. The van der Waals surface area contributed by atoms with Crippen LogP contribution in [-0.2, 0) is 18.2 Å². The molecule has 1 aromatic carbocycles. The summed E-state index contributed by atoms with van der Waals surface area (Å²) in [5, 5.41) is 3.68. The molecule has 0 fully saturated rings. The Hall–Kier alpha value is -1.16. The number of hydrogen-bond donors (Lipinski definition) is 0. The van der Waals surface area contributed by atoms with Crippen LogP contribution in [0.1, 0.15) is 33.3 Å². The third-order valence-corrected chi connectivity index (χ3v) is 3.48. The Morgan fingerprint density at radius 3 is 2.05 bits per heavy atom. The first kappa shape index (κ1) is 15.9. The fourth-order valence-corrected chi connectivity index (χ4v) is 2.58. The van der Waals surface area contributed by atoms with Crippen molar-refractivity contribution in [1.82, 2.24) is 0 Å². The molecular formula is C13H20NO4P. The molecule has 19 heavy (non-hydrogen) atoms. The summed E-state index contributed by atoms with van der Waals surface area (Å²) >= 11 is 0. The van der Waals surface area contributed by atoms with E-state index in [9.17, 15) is 4.57 Å². The average Bonchev–Trinajstić information content (AvgIpc) is 2.27. The van der Waals surface area contributed by atoms with Crippen molar-refractivity contribution < 1.29 is 18.2 Å². The molecule has 0 amide bonds. The normalized spacial score (nSPS) is 12.5. The third kappa shape index (κ3) is 6.53. The van der Waals surface area contributed by atoms with Crippen molar-refractivity contribution in [1.29, 1.82) is 0 Å². The molecule has 0 N–H and O–H groups in total. The summed E-state index contributed by atoms with van der Waals surface area (Å²) in [4.78, 5) is 0. The Bertz CT molecular complexity index is 431. The van der Waals surface area contributed by atoms with Crippen molar-refractivity contribution >= 4 is 14.0 Å². The van der Waals surface area contributed by atoms with Crippen LogP contribution >= 0.6 is 7.82 Å². The minimum Gasteiger partial charge on any atom is -0.292 e. The van der Waals surface area contributed by atoms with E-state index < -0.39 is 7.82 Å². The second-order valence-electron chi connectivity index (χ2n) is 4.48. The lowest BCUT2D eigenvalue weighted by molar-refractivity contribution is 0.0743. The van der Waals surface area contributed by atoms with Crippen LogP contribution in [0.2, 0.25) is 0 Å². The number of oxime groups is 1. The molecule has 6 heteroatoms. The summed E-state index contributed by atoms with van der Waals surface area (Å²) in [6.07, 6.45) is 0.896. The van der Waals surface area contributed by atoms with Gasteiger partial charge in [0.25, 0.3) is 0 Å². The monoisotopic (exact) mass is 285 g/mol. The van der Waals surface area contributed by atoms with Gasteiger partial charge in [0.2, 0.25) is 0 Å². The van der Waals surface area contributed by atoms with E-state index in [-0.39, 0.29) is 12.2 Å². The lowest BCUT2D eigenvalue weighted by Crippen LogP contribution is -2.08. The van der Waals surface area contributed by atoms with Crippen LogP contribution in [0.3, 0.4) is 0 Å². The largest absolute Gasteiger partial charge is 0.550 e. The van der Waals surface area contributed by atoms with Gasteiger partial charge in [-0.05, 0) is 33.3 Å². The Morgan fingerprint density at radius 2 is 1.58 bits per heavy atom. The minimum atomic E-state index is -3.67. The first-order valence-electron chi connectivity index (χ1n) is 6.15. The van der Waals surface area contributed by atoms with E-state index >= 15 is 0 Å². The maximum Gasteiger partial charge on any atom is 0.550 e. The van der Waals surface area contributed by atoms with Gasteiger partial charge in [-0.15, -0.1) is 0 Å². The van der Waals surface area contributed by atoms with Gasteiger partial charge in [0, 0.05) is 0 Å². The Labute approximate surface area is 114 Å². The smallest absolute Gasteiger partial charge is 0.292 e. The van der Waals surface area contributed by atoms with Crippen LogP contribution in [0, 0.1) is 0 Å². The van der Waals surface area contributed by atoms with Crippen LogP contribution in [0.25, 0.3) is 0 Å². The summed E-state index contributed by atoms with van der Waals surface area (Å²) in [5.74, 6) is 0. The highest BCUT2D eigenvalue weighted by molar-refractivity contribution is 7.48. The van der Waals surface area contributed by atoms with Crippen molar-refractivity contribution in [3.05, 3.63) is 35.9 Å². The maximum atomic E-state index is 12.2. The van der Waals surface area contributed by atoms with Crippen molar-refractivity contribution in [3.8, 4) is 0 Å². The van der Waals surface area contributed by atoms with E-state index in [0.29, 0.717) is 0 Å². The van der Waals surface area contributed by atoms with Crippen molar-refractivity contribution in [2.45, 2.75) is 39.9 Å². The minimum absolute atomic E-state index is 0.281. The van der Waals surface area contributed by atoms with Gasteiger partial charge in [0.05, 0.1) is 18.4 Å². The number of benzene rings is 1. The van der Waals surface area contributed by atoms with Crippen molar-refractivity contribution in [3.63, 3.8) is 0 Å². The van der Waals surface area contributed by atoms with E-state index in [1.165, 1.54) is 6.21 Å². The van der Waals surface area contributed by atoms with Gasteiger partial charge in [-0.25, -0.2) is 4.57 Å². The van der Waals surface area contributed by atoms with E-state index in [0.717, 1.165) is 5.56 Å². The zero-order chi connectivity index (χ0) is 14.3. The van der Waals surface area contributed by atoms with E-state index in [4.69, 9.17) is 13.7 Å². The van der Waals surface area contributed by atoms with E-state index in [1.54, 1.807) is 27.7 Å². The highest BCUT2D eigenvalue weighted by Gasteiger charge is 2.31. The molecule has 0 unspecified atom stereocenters. The third-order valence-electron chi connectivity index (χ3n) is 1.83. The van der Waals surface area contributed by atoms with Gasteiger partial charge in [-0.2, -0.15) is 0 Å². The van der Waals surface area contributed by atoms with Crippen molar-refractivity contribution in [2.75, 3.05) is 0 Å². The number of hydrogen-bond acceptors (Lipinski definition) is 5. The Balaban J connectivity index is 2.68. The molecule has 0 atom stereocenters. The average molecular weight is 285 g/mol. The molecule has 106 valence electrons. The topological polar surface area (TPSA) is 57.1 Å². The predicted octanol–water partition coefficient (Wildman–Crippen LogP) is 4.00. The number of nitrogens with zero attached hydrogens (tertiary/aromatic N) is 1. The molecule has 0 aromatic heterocycles. The quantitative estimate of drug-likeness (QED) is 0.431. The molecule has 1 aromatic rings. The van der Waals surface area contributed by atoms with E-state index in [1.807, 2.05) is 30.3 Å². The molecule has 5 nitrogen and oxygen atoms in total. The molecule has 0 saturated carbocycles. The van der Waals surface area contributed by atoms with Gasteiger partial charge < -0.3 is 0 Å². The van der Waals surface area contributed by atoms with Crippen LogP contribution in [-0.4, -0.2) is 18.4 Å².